The van der Waals surface area contributed by atoms with Crippen LogP contribution in [-0.2, 0) is 6.54 Å². The van der Waals surface area contributed by atoms with Crippen LogP contribution in [0.5, 0.6) is 0 Å². The molecular weight excluding hydrogens is 268 g/mol. The number of nitrogens with one attached hydrogen (secondary N) is 1. The molecule has 0 aliphatic rings. The van der Waals surface area contributed by atoms with Crippen LogP contribution >= 0.6 is 0 Å². The molecule has 0 aliphatic carbocycles. The number of carbonyl (C=O) groups is 1. The molecule has 0 saturated carbocycles. The van der Waals surface area contributed by atoms with Crippen molar-refractivity contribution >= 4 is 17.0 Å². The summed E-state index contributed by atoms with van der Waals surface area (Å²) in [6, 6.07) is 5.46. The Kier molecular flexibility index (Phi) is 3.35. The van der Waals surface area contributed by atoms with Crippen LogP contribution in [-0.4, -0.2) is 21.0 Å². The van der Waals surface area contributed by atoms with Gasteiger partial charge in [-0.05, 0) is 37.6 Å². The molecule has 0 bridgehead atoms. The second-order valence-electron chi connectivity index (χ2n) is 4.80. The van der Waals surface area contributed by atoms with Gasteiger partial charge in [-0.1, -0.05) is 5.16 Å². The van der Waals surface area contributed by atoms with Crippen molar-refractivity contribution < 1.29 is 9.32 Å². The van der Waals surface area contributed by atoms with Gasteiger partial charge in [0.1, 0.15) is 0 Å². The Balaban J connectivity index is 1.89. The zero-order valence-electron chi connectivity index (χ0n) is 11.8. The molecule has 0 saturated heterocycles. The second-order valence-corrected chi connectivity index (χ2v) is 4.80. The fraction of sp³-hybridized carbons (Fsp3) is 0.200. The largest absolute Gasteiger partial charge is 0.348 e. The monoisotopic (exact) mass is 282 g/mol. The molecule has 0 fully saturated rings. The number of aromatic nitrogens is 3. The number of nitrogens with zero attached hydrogens (tertiary/aromatic N) is 3. The standard InChI is InChI=1S/C15H14N4O2/c1-9-7-12(13-10(2)19-21-15(13)18-9)14(20)17-8-11-3-5-16-6-4-11/h3-7H,8H2,1-2H3,(H,17,20). The molecule has 6 heteroatoms. The highest BCUT2D eigenvalue weighted by molar-refractivity contribution is 6.05. The van der Waals surface area contributed by atoms with E-state index in [-0.39, 0.29) is 5.91 Å². The van der Waals surface area contributed by atoms with Gasteiger partial charge in [0.25, 0.3) is 11.6 Å². The van der Waals surface area contributed by atoms with Crippen LogP contribution in [0.4, 0.5) is 0 Å². The first-order valence-corrected chi connectivity index (χ1v) is 6.56. The summed E-state index contributed by atoms with van der Waals surface area (Å²) in [6.07, 6.45) is 3.39. The van der Waals surface area contributed by atoms with E-state index in [0.717, 1.165) is 5.56 Å². The van der Waals surface area contributed by atoms with E-state index in [2.05, 4.69) is 20.4 Å². The number of fused-ring (bicyclic) bond motifs is 1. The lowest BCUT2D eigenvalue weighted by molar-refractivity contribution is 0.0952. The van der Waals surface area contributed by atoms with Crippen molar-refractivity contribution in [3.05, 3.63) is 53.1 Å². The molecular formula is C15H14N4O2. The molecule has 1 amide bonds. The van der Waals surface area contributed by atoms with Crippen LogP contribution in [0.2, 0.25) is 0 Å². The van der Waals surface area contributed by atoms with Gasteiger partial charge in [0.15, 0.2) is 0 Å². The van der Waals surface area contributed by atoms with Crippen molar-refractivity contribution in [2.45, 2.75) is 20.4 Å². The Morgan fingerprint density at radius 3 is 2.81 bits per heavy atom. The number of pyridine rings is 2. The van der Waals surface area contributed by atoms with Gasteiger partial charge in [0.2, 0.25) is 0 Å². The molecule has 106 valence electrons. The van der Waals surface area contributed by atoms with E-state index < -0.39 is 0 Å². The normalized spacial score (nSPS) is 10.8. The third-order valence-corrected chi connectivity index (χ3v) is 3.19. The smallest absolute Gasteiger partial charge is 0.258 e. The molecule has 6 nitrogen and oxygen atoms in total. The van der Waals surface area contributed by atoms with Gasteiger partial charge in [-0.2, -0.15) is 0 Å². The number of rotatable bonds is 3. The Hall–Kier alpha value is -2.76. The summed E-state index contributed by atoms with van der Waals surface area (Å²) in [6.45, 7) is 4.05. The molecule has 0 aromatic carbocycles. The third-order valence-electron chi connectivity index (χ3n) is 3.19. The summed E-state index contributed by atoms with van der Waals surface area (Å²) in [5.41, 5.74) is 3.29. The minimum atomic E-state index is -0.173. The maximum Gasteiger partial charge on any atom is 0.258 e. The van der Waals surface area contributed by atoms with Crippen molar-refractivity contribution in [2.24, 2.45) is 0 Å². The lowest BCUT2D eigenvalue weighted by Crippen LogP contribution is -2.23. The van der Waals surface area contributed by atoms with Gasteiger partial charge in [0.05, 0.1) is 16.6 Å². The highest BCUT2D eigenvalue weighted by atomic mass is 16.5. The number of hydrogen-bond acceptors (Lipinski definition) is 5. The molecule has 0 atom stereocenters. The molecule has 0 unspecified atom stereocenters. The van der Waals surface area contributed by atoms with Crippen LogP contribution in [0.3, 0.4) is 0 Å². The minimum Gasteiger partial charge on any atom is -0.348 e. The molecule has 0 radical (unpaired) electrons. The van der Waals surface area contributed by atoms with E-state index in [4.69, 9.17) is 4.52 Å². The summed E-state index contributed by atoms with van der Waals surface area (Å²) in [5, 5.41) is 7.42. The van der Waals surface area contributed by atoms with E-state index in [1.54, 1.807) is 25.4 Å². The van der Waals surface area contributed by atoms with Gasteiger partial charge >= 0.3 is 0 Å². The zero-order chi connectivity index (χ0) is 14.8. The van der Waals surface area contributed by atoms with Crippen molar-refractivity contribution in [2.75, 3.05) is 0 Å². The molecule has 21 heavy (non-hydrogen) atoms. The van der Waals surface area contributed by atoms with Crippen molar-refractivity contribution in [1.82, 2.24) is 20.4 Å². The SMILES string of the molecule is Cc1cc(C(=O)NCc2ccncc2)c2c(C)noc2n1. The van der Waals surface area contributed by atoms with E-state index in [9.17, 15) is 4.79 Å². The summed E-state index contributed by atoms with van der Waals surface area (Å²) in [5.74, 6) is -0.173. The summed E-state index contributed by atoms with van der Waals surface area (Å²) in [4.78, 5) is 20.6. The van der Waals surface area contributed by atoms with Crippen LogP contribution in [0.15, 0.2) is 35.1 Å². The highest BCUT2D eigenvalue weighted by Gasteiger charge is 2.17. The van der Waals surface area contributed by atoms with Gasteiger partial charge in [-0.3, -0.25) is 9.78 Å². The maximum absolute atomic E-state index is 12.4. The van der Waals surface area contributed by atoms with Crippen molar-refractivity contribution in [3.63, 3.8) is 0 Å². The number of amides is 1. The van der Waals surface area contributed by atoms with Gasteiger partial charge in [-0.15, -0.1) is 0 Å². The average Bonchev–Trinajstić information content (AvgIpc) is 2.86. The minimum absolute atomic E-state index is 0.173. The van der Waals surface area contributed by atoms with E-state index in [1.165, 1.54) is 0 Å². The van der Waals surface area contributed by atoms with Crippen LogP contribution < -0.4 is 5.32 Å². The average molecular weight is 282 g/mol. The fourth-order valence-electron chi connectivity index (χ4n) is 2.17. The molecule has 3 heterocycles. The van der Waals surface area contributed by atoms with Crippen LogP contribution in [0, 0.1) is 13.8 Å². The van der Waals surface area contributed by atoms with Crippen LogP contribution in [0.25, 0.3) is 11.1 Å². The Labute approximate surface area is 121 Å². The number of carbonyl (C=O) groups excluding carboxylic acids is 1. The predicted octanol–water partition coefficient (Wildman–Crippen LogP) is 2.16. The van der Waals surface area contributed by atoms with Gasteiger partial charge in [-0.25, -0.2) is 4.98 Å². The third kappa shape index (κ3) is 2.60. The molecule has 0 spiro atoms. The van der Waals surface area contributed by atoms with E-state index in [1.807, 2.05) is 19.1 Å². The van der Waals surface area contributed by atoms with Crippen molar-refractivity contribution in [3.8, 4) is 0 Å². The second kappa shape index (κ2) is 5.32. The van der Waals surface area contributed by atoms with Gasteiger partial charge < -0.3 is 9.84 Å². The van der Waals surface area contributed by atoms with E-state index in [0.29, 0.717) is 34.6 Å². The Morgan fingerprint density at radius 1 is 1.29 bits per heavy atom. The Bertz CT molecular complexity index is 796. The number of aryl methyl sites for hydroxylation is 2. The van der Waals surface area contributed by atoms with Crippen LogP contribution in [0.1, 0.15) is 27.3 Å². The first kappa shape index (κ1) is 13.2. The molecule has 0 aliphatic heterocycles. The lowest BCUT2D eigenvalue weighted by atomic mass is 10.1. The molecule has 3 aromatic heterocycles. The predicted molar refractivity (Wildman–Crippen MR) is 76.7 cm³/mol. The lowest BCUT2D eigenvalue weighted by Gasteiger charge is -2.07. The summed E-state index contributed by atoms with van der Waals surface area (Å²) >= 11 is 0. The Morgan fingerprint density at radius 2 is 2.05 bits per heavy atom. The van der Waals surface area contributed by atoms with Gasteiger partial charge in [0, 0.05) is 24.6 Å². The quantitative estimate of drug-likeness (QED) is 0.796. The number of hydrogen-bond donors (Lipinski definition) is 1. The van der Waals surface area contributed by atoms with E-state index >= 15 is 0 Å². The maximum atomic E-state index is 12.4. The zero-order valence-corrected chi connectivity index (χ0v) is 11.8. The molecule has 1 N–H and O–H groups in total. The first-order chi connectivity index (χ1) is 10.1. The molecule has 3 aromatic rings. The first-order valence-electron chi connectivity index (χ1n) is 6.56. The van der Waals surface area contributed by atoms with Crippen molar-refractivity contribution in [1.29, 1.82) is 0 Å². The highest BCUT2D eigenvalue weighted by Crippen LogP contribution is 2.21. The summed E-state index contributed by atoms with van der Waals surface area (Å²) < 4.78 is 5.13. The summed E-state index contributed by atoms with van der Waals surface area (Å²) in [7, 11) is 0. The topological polar surface area (TPSA) is 80.9 Å². The fourth-order valence-corrected chi connectivity index (χ4v) is 2.17. The molecule has 3 rings (SSSR count).